The first-order valence-corrected chi connectivity index (χ1v) is 7.32. The van der Waals surface area contributed by atoms with Gasteiger partial charge in [-0.15, -0.1) is 0 Å². The minimum absolute atomic E-state index is 0.0159. The van der Waals surface area contributed by atoms with Crippen LogP contribution >= 0.6 is 0 Å². The van der Waals surface area contributed by atoms with Crippen molar-refractivity contribution < 1.29 is 4.79 Å². The van der Waals surface area contributed by atoms with Gasteiger partial charge in [0.05, 0.1) is 0 Å². The van der Waals surface area contributed by atoms with E-state index in [0.29, 0.717) is 6.04 Å². The molecule has 104 valence electrons. The van der Waals surface area contributed by atoms with Crippen LogP contribution in [0.25, 0.3) is 0 Å². The molecule has 0 aromatic rings. The van der Waals surface area contributed by atoms with Crippen LogP contribution in [0.15, 0.2) is 0 Å². The van der Waals surface area contributed by atoms with Crippen LogP contribution in [0.2, 0.25) is 0 Å². The molecule has 2 amide bonds. The highest BCUT2D eigenvalue weighted by molar-refractivity contribution is 5.74. The van der Waals surface area contributed by atoms with E-state index >= 15 is 0 Å². The highest BCUT2D eigenvalue weighted by Gasteiger charge is 2.16. The van der Waals surface area contributed by atoms with Gasteiger partial charge in [-0.3, -0.25) is 0 Å². The molecule has 2 aliphatic rings. The maximum Gasteiger partial charge on any atom is 0.315 e. The Kier molecular flexibility index (Phi) is 5.74. The molecule has 1 saturated heterocycles. The van der Waals surface area contributed by atoms with Crippen LogP contribution in [0.5, 0.6) is 0 Å². The quantitative estimate of drug-likeness (QED) is 0.627. The van der Waals surface area contributed by atoms with Crippen molar-refractivity contribution >= 4 is 6.03 Å². The first-order valence-electron chi connectivity index (χ1n) is 7.32. The third-order valence-corrected chi connectivity index (χ3v) is 3.84. The molecule has 3 N–H and O–H groups in total. The van der Waals surface area contributed by atoms with Gasteiger partial charge in [-0.1, -0.05) is 12.8 Å². The highest BCUT2D eigenvalue weighted by atomic mass is 16.2. The normalized spacial score (nSPS) is 22.0. The number of piperazine rings is 1. The minimum Gasteiger partial charge on any atom is -0.338 e. The summed E-state index contributed by atoms with van der Waals surface area (Å²) >= 11 is 0. The van der Waals surface area contributed by atoms with Crippen LogP contribution in [-0.2, 0) is 0 Å². The molecule has 2 fully saturated rings. The zero-order valence-corrected chi connectivity index (χ0v) is 11.2. The summed E-state index contributed by atoms with van der Waals surface area (Å²) in [4.78, 5) is 14.1. The minimum atomic E-state index is 0.0159. The van der Waals surface area contributed by atoms with E-state index in [4.69, 9.17) is 0 Å². The molecular formula is C13H26N4O. The Bertz CT molecular complexity index is 247. The van der Waals surface area contributed by atoms with Gasteiger partial charge in [0.25, 0.3) is 0 Å². The predicted octanol–water partition coefficient (Wildman–Crippen LogP) is 0.524. The van der Waals surface area contributed by atoms with Crippen molar-refractivity contribution in [3.63, 3.8) is 0 Å². The number of amides is 2. The van der Waals surface area contributed by atoms with Gasteiger partial charge in [0, 0.05) is 38.8 Å². The number of hydrogen-bond donors (Lipinski definition) is 3. The summed E-state index contributed by atoms with van der Waals surface area (Å²) in [6.45, 7) is 6.32. The molecule has 5 heteroatoms. The Morgan fingerprint density at radius 2 is 1.94 bits per heavy atom. The van der Waals surface area contributed by atoms with E-state index in [1.807, 2.05) is 0 Å². The second-order valence-corrected chi connectivity index (χ2v) is 5.33. The summed E-state index contributed by atoms with van der Waals surface area (Å²) in [7, 11) is 0. The van der Waals surface area contributed by atoms with Gasteiger partial charge < -0.3 is 20.9 Å². The lowest BCUT2D eigenvalue weighted by Crippen LogP contribution is -2.45. The van der Waals surface area contributed by atoms with Crippen LogP contribution in [-0.4, -0.2) is 56.2 Å². The maximum atomic E-state index is 11.6. The number of nitrogens with zero attached hydrogens (tertiary/aromatic N) is 1. The van der Waals surface area contributed by atoms with Crippen molar-refractivity contribution in [2.75, 3.05) is 39.3 Å². The van der Waals surface area contributed by atoms with Crippen LogP contribution in [0.1, 0.15) is 32.1 Å². The van der Waals surface area contributed by atoms with Crippen molar-refractivity contribution in [2.45, 2.75) is 38.1 Å². The molecular weight excluding hydrogens is 228 g/mol. The lowest BCUT2D eigenvalue weighted by atomic mass is 10.2. The fourth-order valence-corrected chi connectivity index (χ4v) is 2.75. The molecule has 1 heterocycles. The summed E-state index contributed by atoms with van der Waals surface area (Å²) in [5, 5.41) is 9.34. The lowest BCUT2D eigenvalue weighted by molar-refractivity contribution is 0.228. The van der Waals surface area contributed by atoms with Gasteiger partial charge in [-0.25, -0.2) is 4.79 Å². The monoisotopic (exact) mass is 254 g/mol. The summed E-state index contributed by atoms with van der Waals surface area (Å²) in [6, 6.07) is 0.431. The van der Waals surface area contributed by atoms with Gasteiger partial charge in [0.15, 0.2) is 0 Å². The predicted molar refractivity (Wildman–Crippen MR) is 72.7 cm³/mol. The largest absolute Gasteiger partial charge is 0.338 e. The van der Waals surface area contributed by atoms with E-state index < -0.39 is 0 Å². The van der Waals surface area contributed by atoms with E-state index in [0.717, 1.165) is 58.5 Å². The second-order valence-electron chi connectivity index (χ2n) is 5.33. The third-order valence-electron chi connectivity index (χ3n) is 3.84. The van der Waals surface area contributed by atoms with Crippen LogP contribution < -0.4 is 16.0 Å². The lowest BCUT2D eigenvalue weighted by Gasteiger charge is -2.27. The summed E-state index contributed by atoms with van der Waals surface area (Å²) in [6.07, 6.45) is 5.85. The van der Waals surface area contributed by atoms with Crippen molar-refractivity contribution in [3.05, 3.63) is 0 Å². The van der Waals surface area contributed by atoms with E-state index in [9.17, 15) is 4.79 Å². The van der Waals surface area contributed by atoms with Crippen molar-refractivity contribution in [3.8, 4) is 0 Å². The topological polar surface area (TPSA) is 56.4 Å². The number of carbonyl (C=O) groups is 1. The van der Waals surface area contributed by atoms with Crippen molar-refractivity contribution in [1.82, 2.24) is 20.9 Å². The average Bonchev–Trinajstić information content (AvgIpc) is 2.89. The Labute approximate surface area is 110 Å². The molecule has 0 atom stereocenters. The molecule has 1 aliphatic carbocycles. The molecule has 0 unspecified atom stereocenters. The summed E-state index contributed by atoms with van der Waals surface area (Å²) in [5.41, 5.74) is 0. The van der Waals surface area contributed by atoms with E-state index in [1.54, 1.807) is 0 Å². The Balaban J connectivity index is 1.47. The van der Waals surface area contributed by atoms with Gasteiger partial charge in [0.2, 0.25) is 0 Å². The fraction of sp³-hybridized carbons (Fsp3) is 0.923. The first-order chi connectivity index (χ1) is 8.84. The highest BCUT2D eigenvalue weighted by Crippen LogP contribution is 2.17. The zero-order chi connectivity index (χ0) is 12.6. The average molecular weight is 254 g/mol. The maximum absolute atomic E-state index is 11.6. The van der Waals surface area contributed by atoms with Gasteiger partial charge in [-0.2, -0.15) is 0 Å². The number of carbonyl (C=O) groups excluding carboxylic acids is 1. The van der Waals surface area contributed by atoms with Crippen LogP contribution in [0.4, 0.5) is 4.79 Å². The number of urea groups is 1. The Hall–Kier alpha value is -0.810. The number of nitrogens with one attached hydrogen (secondary N) is 3. The van der Waals surface area contributed by atoms with Crippen LogP contribution in [0, 0.1) is 0 Å². The molecule has 0 aromatic heterocycles. The van der Waals surface area contributed by atoms with Crippen molar-refractivity contribution in [1.29, 1.82) is 0 Å². The molecule has 0 aromatic carbocycles. The SMILES string of the molecule is O=C(NCCCN1CCNCC1)NC1CCCC1. The van der Waals surface area contributed by atoms with E-state index in [-0.39, 0.29) is 6.03 Å². The summed E-state index contributed by atoms with van der Waals surface area (Å²) < 4.78 is 0. The number of rotatable bonds is 5. The molecule has 0 spiro atoms. The zero-order valence-electron chi connectivity index (χ0n) is 11.2. The molecule has 1 aliphatic heterocycles. The van der Waals surface area contributed by atoms with Crippen LogP contribution in [0.3, 0.4) is 0 Å². The first kappa shape index (κ1) is 13.6. The molecule has 1 saturated carbocycles. The summed E-state index contributed by atoms with van der Waals surface area (Å²) in [5.74, 6) is 0. The Morgan fingerprint density at radius 1 is 1.22 bits per heavy atom. The van der Waals surface area contributed by atoms with Crippen molar-refractivity contribution in [2.24, 2.45) is 0 Å². The number of hydrogen-bond acceptors (Lipinski definition) is 3. The van der Waals surface area contributed by atoms with E-state index in [1.165, 1.54) is 12.8 Å². The molecule has 2 rings (SSSR count). The molecule has 0 radical (unpaired) electrons. The third kappa shape index (κ3) is 4.82. The van der Waals surface area contributed by atoms with Gasteiger partial charge in [-0.05, 0) is 25.8 Å². The molecule has 18 heavy (non-hydrogen) atoms. The Morgan fingerprint density at radius 3 is 2.67 bits per heavy atom. The van der Waals surface area contributed by atoms with Gasteiger partial charge >= 0.3 is 6.03 Å². The van der Waals surface area contributed by atoms with E-state index in [2.05, 4.69) is 20.9 Å². The van der Waals surface area contributed by atoms with Gasteiger partial charge in [0.1, 0.15) is 0 Å². The standard InChI is InChI=1S/C13H26N4O/c18-13(16-12-4-1-2-5-12)15-6-3-9-17-10-7-14-8-11-17/h12,14H,1-11H2,(H2,15,16,18). The molecule has 5 nitrogen and oxygen atoms in total. The molecule has 0 bridgehead atoms. The fourth-order valence-electron chi connectivity index (χ4n) is 2.75. The second kappa shape index (κ2) is 7.59. The smallest absolute Gasteiger partial charge is 0.315 e.